The largest absolute Gasteiger partial charge is 0.493 e. The molecule has 1 aliphatic carbocycles. The summed E-state index contributed by atoms with van der Waals surface area (Å²) in [6.45, 7) is 0.946. The van der Waals surface area contributed by atoms with Gasteiger partial charge in [0.15, 0.2) is 11.5 Å². The second-order valence-corrected chi connectivity index (χ2v) is 6.81. The Bertz CT molecular complexity index is 631. The average Bonchev–Trinajstić information content (AvgIpc) is 3.14. The molecular formula is C19H25NO5. The van der Waals surface area contributed by atoms with Gasteiger partial charge in [-0.3, -0.25) is 4.79 Å². The van der Waals surface area contributed by atoms with Gasteiger partial charge in [0, 0.05) is 13.1 Å². The van der Waals surface area contributed by atoms with Crippen LogP contribution in [-0.2, 0) is 9.59 Å². The fourth-order valence-corrected chi connectivity index (χ4v) is 3.78. The summed E-state index contributed by atoms with van der Waals surface area (Å²) in [4.78, 5) is 23.8. The maximum absolute atomic E-state index is 11.6. The highest BCUT2D eigenvalue weighted by Crippen LogP contribution is 2.37. The van der Waals surface area contributed by atoms with Crippen LogP contribution in [0.4, 0.5) is 0 Å². The first kappa shape index (κ1) is 17.6. The van der Waals surface area contributed by atoms with E-state index >= 15 is 0 Å². The van der Waals surface area contributed by atoms with Crippen LogP contribution in [0, 0.1) is 0 Å². The van der Waals surface area contributed by atoms with Gasteiger partial charge < -0.3 is 19.5 Å². The molecule has 1 amide bonds. The Hall–Kier alpha value is -2.24. The monoisotopic (exact) mass is 347 g/mol. The van der Waals surface area contributed by atoms with Crippen molar-refractivity contribution in [3.8, 4) is 11.5 Å². The van der Waals surface area contributed by atoms with Gasteiger partial charge in [-0.2, -0.15) is 0 Å². The molecule has 0 bridgehead atoms. The van der Waals surface area contributed by atoms with Gasteiger partial charge in [0.2, 0.25) is 0 Å². The first-order chi connectivity index (χ1) is 12.1. The summed E-state index contributed by atoms with van der Waals surface area (Å²) in [7, 11) is 1.65. The number of carbonyl (C=O) groups excluding carboxylic acids is 1. The van der Waals surface area contributed by atoms with Crippen molar-refractivity contribution in [1.82, 2.24) is 4.90 Å². The highest BCUT2D eigenvalue weighted by Gasteiger charge is 2.28. The minimum absolute atomic E-state index is 0.263. The Morgan fingerprint density at radius 2 is 1.76 bits per heavy atom. The van der Waals surface area contributed by atoms with E-state index in [1.807, 2.05) is 12.1 Å². The third-order valence-corrected chi connectivity index (χ3v) is 5.22. The Balaban J connectivity index is 1.68. The zero-order chi connectivity index (χ0) is 17.8. The SMILES string of the molecule is COc1ccc(C2CCN(C(=O)C(=O)O)CC2)cc1OC1CCCC1. The molecule has 1 saturated carbocycles. The number of carboxylic acids is 1. The topological polar surface area (TPSA) is 76.1 Å². The normalized spacial score (nSPS) is 19.0. The van der Waals surface area contributed by atoms with E-state index in [4.69, 9.17) is 14.6 Å². The van der Waals surface area contributed by atoms with E-state index in [9.17, 15) is 9.59 Å². The lowest BCUT2D eigenvalue weighted by molar-refractivity contribution is -0.156. The van der Waals surface area contributed by atoms with Crippen molar-refractivity contribution >= 4 is 11.9 Å². The van der Waals surface area contributed by atoms with E-state index in [0.717, 1.165) is 42.7 Å². The second kappa shape index (κ2) is 7.76. The third kappa shape index (κ3) is 4.06. The van der Waals surface area contributed by atoms with Gasteiger partial charge in [-0.05, 0) is 62.1 Å². The molecule has 0 unspecified atom stereocenters. The van der Waals surface area contributed by atoms with E-state index in [0.29, 0.717) is 19.0 Å². The molecule has 0 atom stereocenters. The van der Waals surface area contributed by atoms with Crippen molar-refractivity contribution in [3.05, 3.63) is 23.8 Å². The molecule has 2 aliphatic rings. The van der Waals surface area contributed by atoms with E-state index < -0.39 is 11.9 Å². The summed E-state index contributed by atoms with van der Waals surface area (Å²) >= 11 is 0. The minimum atomic E-state index is -1.38. The van der Waals surface area contributed by atoms with Crippen LogP contribution >= 0.6 is 0 Å². The lowest BCUT2D eigenvalue weighted by Crippen LogP contribution is -2.41. The number of hydrogen-bond donors (Lipinski definition) is 1. The fourth-order valence-electron chi connectivity index (χ4n) is 3.78. The summed E-state index contributed by atoms with van der Waals surface area (Å²) in [6.07, 6.45) is 6.37. The average molecular weight is 347 g/mol. The minimum Gasteiger partial charge on any atom is -0.493 e. The molecule has 0 spiro atoms. The highest BCUT2D eigenvalue weighted by molar-refractivity contribution is 6.31. The summed E-state index contributed by atoms with van der Waals surface area (Å²) in [5, 5.41) is 8.83. The van der Waals surface area contributed by atoms with Crippen molar-refractivity contribution in [2.75, 3.05) is 20.2 Å². The number of amides is 1. The van der Waals surface area contributed by atoms with E-state index in [1.165, 1.54) is 17.7 Å². The van der Waals surface area contributed by atoms with Crippen LogP contribution in [0.1, 0.15) is 50.0 Å². The third-order valence-electron chi connectivity index (χ3n) is 5.22. The van der Waals surface area contributed by atoms with Gasteiger partial charge in [-0.15, -0.1) is 0 Å². The molecule has 25 heavy (non-hydrogen) atoms. The zero-order valence-corrected chi connectivity index (χ0v) is 14.6. The molecule has 1 saturated heterocycles. The Labute approximate surface area is 147 Å². The molecule has 3 rings (SSSR count). The van der Waals surface area contributed by atoms with Crippen LogP contribution in [0.15, 0.2) is 18.2 Å². The van der Waals surface area contributed by atoms with Crippen molar-refractivity contribution in [1.29, 1.82) is 0 Å². The first-order valence-corrected chi connectivity index (χ1v) is 8.95. The van der Waals surface area contributed by atoms with Crippen LogP contribution < -0.4 is 9.47 Å². The molecule has 1 aliphatic heterocycles. The van der Waals surface area contributed by atoms with Crippen molar-refractivity contribution < 1.29 is 24.2 Å². The van der Waals surface area contributed by atoms with Gasteiger partial charge in [-0.1, -0.05) is 6.07 Å². The van der Waals surface area contributed by atoms with Crippen LogP contribution in [0.3, 0.4) is 0 Å². The summed E-state index contributed by atoms with van der Waals surface area (Å²) in [6, 6.07) is 6.03. The number of nitrogens with zero attached hydrogens (tertiary/aromatic N) is 1. The molecule has 0 radical (unpaired) electrons. The number of methoxy groups -OCH3 is 1. The lowest BCUT2D eigenvalue weighted by atomic mass is 9.89. The van der Waals surface area contributed by atoms with Gasteiger partial charge in [0.25, 0.3) is 0 Å². The number of likely N-dealkylation sites (tertiary alicyclic amines) is 1. The molecule has 6 nitrogen and oxygen atoms in total. The maximum Gasteiger partial charge on any atom is 0.394 e. The van der Waals surface area contributed by atoms with Crippen LogP contribution in [0.25, 0.3) is 0 Å². The summed E-state index contributed by atoms with van der Waals surface area (Å²) in [5.41, 5.74) is 1.16. The molecule has 1 heterocycles. The number of benzene rings is 1. The molecule has 1 N–H and O–H groups in total. The first-order valence-electron chi connectivity index (χ1n) is 8.95. The Morgan fingerprint density at radius 1 is 1.08 bits per heavy atom. The number of ether oxygens (including phenoxy) is 2. The summed E-state index contributed by atoms with van der Waals surface area (Å²) < 4.78 is 11.6. The quantitative estimate of drug-likeness (QED) is 0.848. The van der Waals surface area contributed by atoms with E-state index in [2.05, 4.69) is 6.07 Å². The van der Waals surface area contributed by atoms with Crippen molar-refractivity contribution in [2.45, 2.75) is 50.5 Å². The molecule has 6 heteroatoms. The van der Waals surface area contributed by atoms with Crippen LogP contribution in [0.2, 0.25) is 0 Å². The number of carbonyl (C=O) groups is 2. The molecule has 2 fully saturated rings. The van der Waals surface area contributed by atoms with Gasteiger partial charge in [0.1, 0.15) is 0 Å². The molecule has 136 valence electrons. The van der Waals surface area contributed by atoms with Crippen molar-refractivity contribution in [2.24, 2.45) is 0 Å². The zero-order valence-electron chi connectivity index (χ0n) is 14.6. The van der Waals surface area contributed by atoms with E-state index in [1.54, 1.807) is 7.11 Å². The smallest absolute Gasteiger partial charge is 0.394 e. The van der Waals surface area contributed by atoms with E-state index in [-0.39, 0.29) is 6.10 Å². The molecule has 1 aromatic rings. The van der Waals surface area contributed by atoms with Crippen LogP contribution in [-0.4, -0.2) is 48.2 Å². The highest BCUT2D eigenvalue weighted by atomic mass is 16.5. The predicted molar refractivity (Wildman–Crippen MR) is 92.1 cm³/mol. The second-order valence-electron chi connectivity index (χ2n) is 6.81. The maximum atomic E-state index is 11.6. The fraction of sp³-hybridized carbons (Fsp3) is 0.579. The van der Waals surface area contributed by atoms with Gasteiger partial charge >= 0.3 is 11.9 Å². The Morgan fingerprint density at radius 3 is 2.36 bits per heavy atom. The summed E-state index contributed by atoms with van der Waals surface area (Å²) in [5.74, 6) is -0.353. The van der Waals surface area contributed by atoms with Gasteiger partial charge in [-0.25, -0.2) is 4.79 Å². The van der Waals surface area contributed by atoms with Crippen LogP contribution in [0.5, 0.6) is 11.5 Å². The van der Waals surface area contributed by atoms with Gasteiger partial charge in [0.05, 0.1) is 13.2 Å². The Kier molecular flexibility index (Phi) is 5.46. The number of carboxylic acid groups (broad SMARTS) is 1. The van der Waals surface area contributed by atoms with Crippen molar-refractivity contribution in [3.63, 3.8) is 0 Å². The number of rotatable bonds is 4. The lowest BCUT2D eigenvalue weighted by Gasteiger charge is -2.31. The molecule has 0 aromatic heterocycles. The molecular weight excluding hydrogens is 322 g/mol. The number of aliphatic carboxylic acids is 1. The molecule has 1 aromatic carbocycles. The standard InChI is InChI=1S/C19H25NO5/c1-24-16-7-6-14(12-17(16)25-15-4-2-3-5-15)13-8-10-20(11-9-13)18(21)19(22)23/h6-7,12-13,15H,2-5,8-11H2,1H3,(H,22,23). The number of piperidine rings is 1. The predicted octanol–water partition coefficient (Wildman–Crippen LogP) is 2.81. The number of hydrogen-bond acceptors (Lipinski definition) is 4.